The van der Waals surface area contributed by atoms with Crippen molar-refractivity contribution < 1.29 is 9.53 Å². The number of carbonyl (C=O) groups excluding carboxylic acids is 1. The molecule has 0 aliphatic heterocycles. The summed E-state index contributed by atoms with van der Waals surface area (Å²) < 4.78 is 5.01. The van der Waals surface area contributed by atoms with Crippen LogP contribution in [-0.4, -0.2) is 11.8 Å². The SMILES string of the molecule is CC(=O)O[C@H](CCl)c1ccc(Cl)c(Cl)c1. The van der Waals surface area contributed by atoms with Gasteiger partial charge in [-0.1, -0.05) is 29.3 Å². The second kappa shape index (κ2) is 5.59. The number of alkyl halides is 1. The highest BCUT2D eigenvalue weighted by atomic mass is 35.5. The van der Waals surface area contributed by atoms with Crippen LogP contribution in [0.3, 0.4) is 0 Å². The zero-order valence-corrected chi connectivity index (χ0v) is 10.2. The molecule has 0 aliphatic rings. The lowest BCUT2D eigenvalue weighted by Crippen LogP contribution is -2.09. The first kappa shape index (κ1) is 12.6. The molecule has 0 heterocycles. The number of hydrogen-bond acceptors (Lipinski definition) is 2. The first-order chi connectivity index (χ1) is 7.04. The van der Waals surface area contributed by atoms with Crippen molar-refractivity contribution in [2.75, 3.05) is 5.88 Å². The lowest BCUT2D eigenvalue weighted by molar-refractivity contribution is -0.145. The molecule has 82 valence electrons. The molecule has 0 unspecified atom stereocenters. The van der Waals surface area contributed by atoms with E-state index in [-0.39, 0.29) is 11.8 Å². The summed E-state index contributed by atoms with van der Waals surface area (Å²) in [6.07, 6.45) is -0.487. The van der Waals surface area contributed by atoms with Crippen molar-refractivity contribution in [1.82, 2.24) is 0 Å². The summed E-state index contributed by atoms with van der Waals surface area (Å²) in [4.78, 5) is 10.8. The van der Waals surface area contributed by atoms with Crippen LogP contribution in [0.2, 0.25) is 10.0 Å². The smallest absolute Gasteiger partial charge is 0.303 e. The van der Waals surface area contributed by atoms with E-state index >= 15 is 0 Å². The van der Waals surface area contributed by atoms with Crippen molar-refractivity contribution in [3.8, 4) is 0 Å². The molecule has 0 N–H and O–H groups in total. The lowest BCUT2D eigenvalue weighted by Gasteiger charge is -2.14. The zero-order chi connectivity index (χ0) is 11.4. The van der Waals surface area contributed by atoms with E-state index in [9.17, 15) is 4.79 Å². The highest BCUT2D eigenvalue weighted by Gasteiger charge is 2.14. The maximum atomic E-state index is 10.8. The largest absolute Gasteiger partial charge is 0.456 e. The van der Waals surface area contributed by atoms with E-state index in [0.29, 0.717) is 10.0 Å². The summed E-state index contributed by atoms with van der Waals surface area (Å²) in [5.74, 6) is -0.205. The highest BCUT2D eigenvalue weighted by molar-refractivity contribution is 6.42. The summed E-state index contributed by atoms with van der Waals surface area (Å²) in [5.41, 5.74) is 0.731. The van der Waals surface area contributed by atoms with E-state index in [1.165, 1.54) is 6.92 Å². The van der Waals surface area contributed by atoms with Crippen LogP contribution >= 0.6 is 34.8 Å². The van der Waals surface area contributed by atoms with E-state index in [2.05, 4.69) is 0 Å². The molecule has 15 heavy (non-hydrogen) atoms. The Kier molecular flexibility index (Phi) is 4.71. The monoisotopic (exact) mass is 266 g/mol. The minimum atomic E-state index is -0.487. The van der Waals surface area contributed by atoms with Gasteiger partial charge < -0.3 is 4.74 Å². The van der Waals surface area contributed by atoms with E-state index < -0.39 is 6.10 Å². The summed E-state index contributed by atoms with van der Waals surface area (Å²) >= 11 is 17.3. The van der Waals surface area contributed by atoms with Gasteiger partial charge in [0.15, 0.2) is 0 Å². The summed E-state index contributed by atoms with van der Waals surface area (Å²) in [6.45, 7) is 1.33. The summed E-state index contributed by atoms with van der Waals surface area (Å²) in [6, 6.07) is 5.01. The first-order valence-electron chi connectivity index (χ1n) is 4.22. The molecule has 0 amide bonds. The molecule has 0 saturated carbocycles. The van der Waals surface area contributed by atoms with Gasteiger partial charge in [-0.15, -0.1) is 11.6 Å². The Bertz CT molecular complexity index is 366. The Labute approximate surface area is 103 Å². The number of ether oxygens (including phenoxy) is 1. The quantitative estimate of drug-likeness (QED) is 0.614. The van der Waals surface area contributed by atoms with Crippen LogP contribution in [0, 0.1) is 0 Å². The second-order valence-corrected chi connectivity index (χ2v) is 4.05. The van der Waals surface area contributed by atoms with Crippen molar-refractivity contribution in [2.45, 2.75) is 13.0 Å². The normalized spacial score (nSPS) is 12.3. The molecular weight excluding hydrogens is 258 g/mol. The molecule has 0 saturated heterocycles. The number of rotatable bonds is 3. The summed E-state index contributed by atoms with van der Waals surface area (Å²) in [7, 11) is 0. The number of esters is 1. The number of carbonyl (C=O) groups is 1. The Balaban J connectivity index is 2.92. The van der Waals surface area contributed by atoms with Gasteiger partial charge in [0.2, 0.25) is 0 Å². The highest BCUT2D eigenvalue weighted by Crippen LogP contribution is 2.27. The van der Waals surface area contributed by atoms with E-state index in [4.69, 9.17) is 39.5 Å². The Morgan fingerprint density at radius 3 is 2.53 bits per heavy atom. The van der Waals surface area contributed by atoms with Crippen LogP contribution in [-0.2, 0) is 9.53 Å². The molecule has 0 aromatic heterocycles. The molecular formula is C10H9Cl3O2. The van der Waals surface area contributed by atoms with E-state index in [0.717, 1.165) is 5.56 Å². The standard InChI is InChI=1S/C10H9Cl3O2/c1-6(14)15-10(5-11)7-2-3-8(12)9(13)4-7/h2-4,10H,5H2,1H3/t10-/m1/s1. The summed E-state index contributed by atoms with van der Waals surface area (Å²) in [5, 5.41) is 0.869. The van der Waals surface area contributed by atoms with Gasteiger partial charge in [0.25, 0.3) is 0 Å². The lowest BCUT2D eigenvalue weighted by atomic mass is 10.1. The predicted molar refractivity (Wildman–Crippen MR) is 61.7 cm³/mol. The fraction of sp³-hybridized carbons (Fsp3) is 0.300. The minimum absolute atomic E-state index is 0.178. The number of benzene rings is 1. The third-order valence-corrected chi connectivity index (χ3v) is 2.78. The van der Waals surface area contributed by atoms with Gasteiger partial charge >= 0.3 is 5.97 Å². The van der Waals surface area contributed by atoms with Gasteiger partial charge in [0.05, 0.1) is 15.9 Å². The fourth-order valence-electron chi connectivity index (χ4n) is 1.10. The van der Waals surface area contributed by atoms with Crippen molar-refractivity contribution >= 4 is 40.8 Å². The van der Waals surface area contributed by atoms with Gasteiger partial charge in [0, 0.05) is 6.92 Å². The first-order valence-corrected chi connectivity index (χ1v) is 5.51. The zero-order valence-electron chi connectivity index (χ0n) is 7.97. The second-order valence-electron chi connectivity index (χ2n) is 2.93. The van der Waals surface area contributed by atoms with Gasteiger partial charge in [0.1, 0.15) is 6.10 Å². The van der Waals surface area contributed by atoms with Crippen molar-refractivity contribution in [3.05, 3.63) is 33.8 Å². The number of hydrogen-bond donors (Lipinski definition) is 0. The molecule has 0 spiro atoms. The maximum absolute atomic E-state index is 10.8. The number of halogens is 3. The van der Waals surface area contributed by atoms with Gasteiger partial charge in [-0.05, 0) is 17.7 Å². The Morgan fingerprint density at radius 2 is 2.07 bits per heavy atom. The third-order valence-electron chi connectivity index (χ3n) is 1.76. The van der Waals surface area contributed by atoms with Crippen molar-refractivity contribution in [1.29, 1.82) is 0 Å². The van der Waals surface area contributed by atoms with E-state index in [1.54, 1.807) is 18.2 Å². The molecule has 0 fully saturated rings. The molecule has 5 heteroatoms. The molecule has 2 nitrogen and oxygen atoms in total. The molecule has 0 bridgehead atoms. The fourth-order valence-corrected chi connectivity index (χ4v) is 1.65. The Hall–Kier alpha value is -0.440. The van der Waals surface area contributed by atoms with Crippen LogP contribution < -0.4 is 0 Å². The average Bonchev–Trinajstić information content (AvgIpc) is 2.18. The predicted octanol–water partition coefficient (Wildman–Crippen LogP) is 3.84. The molecule has 1 rings (SSSR count). The minimum Gasteiger partial charge on any atom is -0.456 e. The van der Waals surface area contributed by atoms with Crippen LogP contribution in [0.15, 0.2) is 18.2 Å². The maximum Gasteiger partial charge on any atom is 0.303 e. The van der Waals surface area contributed by atoms with Crippen LogP contribution in [0.25, 0.3) is 0 Å². The van der Waals surface area contributed by atoms with Crippen LogP contribution in [0.1, 0.15) is 18.6 Å². The molecule has 0 aliphatic carbocycles. The molecule has 1 aromatic rings. The topological polar surface area (TPSA) is 26.3 Å². The van der Waals surface area contributed by atoms with Gasteiger partial charge in [-0.2, -0.15) is 0 Å². The molecule has 0 radical (unpaired) electrons. The van der Waals surface area contributed by atoms with Crippen LogP contribution in [0.5, 0.6) is 0 Å². The van der Waals surface area contributed by atoms with Crippen molar-refractivity contribution in [3.63, 3.8) is 0 Å². The van der Waals surface area contributed by atoms with Crippen LogP contribution in [0.4, 0.5) is 0 Å². The van der Waals surface area contributed by atoms with Crippen molar-refractivity contribution in [2.24, 2.45) is 0 Å². The van der Waals surface area contributed by atoms with Gasteiger partial charge in [-0.3, -0.25) is 4.79 Å². The van der Waals surface area contributed by atoms with E-state index in [1.807, 2.05) is 0 Å². The molecule has 1 atom stereocenters. The van der Waals surface area contributed by atoms with Gasteiger partial charge in [-0.25, -0.2) is 0 Å². The Morgan fingerprint density at radius 1 is 1.40 bits per heavy atom. The third kappa shape index (κ3) is 3.56. The average molecular weight is 268 g/mol. The molecule has 1 aromatic carbocycles.